The summed E-state index contributed by atoms with van der Waals surface area (Å²) in [5.41, 5.74) is 1.64. The highest BCUT2D eigenvalue weighted by Gasteiger charge is 2.91. The molecule has 1 saturated heterocycles. The molecule has 282 valence electrons. The first-order valence-corrected chi connectivity index (χ1v) is 17.8. The number of fused-ring (bicyclic) bond motifs is 2. The minimum atomic E-state index is -1.55. The minimum absolute atomic E-state index is 0.00825. The van der Waals surface area contributed by atoms with Crippen LogP contribution in [0.25, 0.3) is 0 Å². The van der Waals surface area contributed by atoms with Crippen LogP contribution in [-0.2, 0) is 23.7 Å². The highest BCUT2D eigenvalue weighted by Crippen LogP contribution is 2.80. The molecule has 14 atom stereocenters. The van der Waals surface area contributed by atoms with Crippen LogP contribution in [0.2, 0.25) is 0 Å². The Balaban J connectivity index is 0.000000284. The molecular weight excluding hydrogens is 638 g/mol. The van der Waals surface area contributed by atoms with Crippen molar-refractivity contribution in [1.29, 1.82) is 0 Å². The number of nitrogens with zero attached hydrogens (tertiary/aromatic N) is 1. The van der Waals surface area contributed by atoms with E-state index < -0.39 is 41.0 Å². The summed E-state index contributed by atoms with van der Waals surface area (Å²) >= 11 is 0. The van der Waals surface area contributed by atoms with E-state index in [0.717, 1.165) is 51.6 Å². The number of hydrogen-bond acceptors (Lipinski definition) is 12. The third-order valence-corrected chi connectivity index (χ3v) is 13.1. The SMILES string of the molecule is CCCCCC(O)/C=C/C=O.CCN1C[C@]2(COC)CCC(O)[C@]34C1C(O)([C@@H](OC)[C@H]23)C1(O)C[C@H](OC)[C@H]2C[C@@H]4[C@@H]1[C@H]2OC.NC(=O)NO. The summed E-state index contributed by atoms with van der Waals surface area (Å²) in [5, 5.41) is 54.1. The lowest BCUT2D eigenvalue weighted by Gasteiger charge is -2.69. The fourth-order valence-corrected chi connectivity index (χ4v) is 11.9. The second kappa shape index (κ2) is 15.9. The lowest BCUT2D eigenvalue weighted by atomic mass is 9.42. The number of hydroxylamine groups is 1. The molecule has 0 radical (unpaired) electrons. The monoisotopic (exact) mass is 699 g/mol. The van der Waals surface area contributed by atoms with Gasteiger partial charge in [-0.1, -0.05) is 39.2 Å². The van der Waals surface area contributed by atoms with E-state index in [-0.39, 0.29) is 47.3 Å². The van der Waals surface area contributed by atoms with Crippen LogP contribution in [0.1, 0.15) is 65.2 Å². The zero-order chi connectivity index (χ0) is 36.4. The second-order valence-electron chi connectivity index (χ2n) is 15.0. The minimum Gasteiger partial charge on any atom is -0.392 e. The average Bonchev–Trinajstić information content (AvgIpc) is 3.51. The van der Waals surface area contributed by atoms with Gasteiger partial charge < -0.3 is 45.1 Å². The number of aliphatic hydroxyl groups excluding tert-OH is 2. The number of nitrogens with one attached hydrogen (secondary N) is 1. The topological polar surface area (TPSA) is 214 Å². The number of likely N-dealkylation sites (tertiary alicyclic amines) is 1. The van der Waals surface area contributed by atoms with Crippen LogP contribution < -0.4 is 11.2 Å². The molecule has 14 heteroatoms. The van der Waals surface area contributed by atoms with Crippen molar-refractivity contribution in [3.8, 4) is 0 Å². The van der Waals surface area contributed by atoms with Crippen molar-refractivity contribution in [1.82, 2.24) is 10.4 Å². The summed E-state index contributed by atoms with van der Waals surface area (Å²) in [6.07, 6.45) is 8.27. The van der Waals surface area contributed by atoms with E-state index in [0.29, 0.717) is 25.7 Å². The van der Waals surface area contributed by atoms with E-state index in [1.165, 1.54) is 17.6 Å². The van der Waals surface area contributed by atoms with E-state index in [1.54, 1.807) is 28.4 Å². The van der Waals surface area contributed by atoms with Gasteiger partial charge >= 0.3 is 6.03 Å². The van der Waals surface area contributed by atoms with Crippen LogP contribution in [0.3, 0.4) is 0 Å². The number of primary amides is 1. The van der Waals surface area contributed by atoms with E-state index in [9.17, 15) is 24.9 Å². The number of piperidine rings is 1. The summed E-state index contributed by atoms with van der Waals surface area (Å²) in [4.78, 5) is 21.4. The molecule has 49 heavy (non-hydrogen) atoms. The Hall–Kier alpha value is -1.72. The number of hydrogen-bond donors (Lipinski definition) is 7. The molecule has 1 aliphatic heterocycles. The van der Waals surface area contributed by atoms with Crippen LogP contribution in [0.15, 0.2) is 12.2 Å². The molecule has 5 unspecified atom stereocenters. The van der Waals surface area contributed by atoms with Crippen molar-refractivity contribution in [2.45, 2.75) is 113 Å². The Morgan fingerprint density at radius 3 is 2.35 bits per heavy atom. The van der Waals surface area contributed by atoms with Gasteiger partial charge in [-0.3, -0.25) is 14.9 Å². The van der Waals surface area contributed by atoms with Gasteiger partial charge in [0, 0.05) is 70.0 Å². The van der Waals surface area contributed by atoms with Crippen LogP contribution in [0, 0.1) is 34.5 Å². The second-order valence-corrected chi connectivity index (χ2v) is 15.0. The number of aldehydes is 1. The van der Waals surface area contributed by atoms with E-state index in [2.05, 4.69) is 24.5 Å². The molecule has 0 aromatic heterocycles. The predicted molar refractivity (Wildman–Crippen MR) is 178 cm³/mol. The number of unbranched alkanes of at least 4 members (excludes halogenated alkanes) is 2. The molecule has 8 N–H and O–H groups in total. The van der Waals surface area contributed by atoms with E-state index in [4.69, 9.17) is 29.3 Å². The molecule has 14 nitrogen and oxygen atoms in total. The Morgan fingerprint density at radius 1 is 1.12 bits per heavy atom. The normalized spacial score (nSPS) is 44.8. The molecule has 5 aliphatic carbocycles. The third kappa shape index (κ3) is 6.07. The van der Waals surface area contributed by atoms with Crippen molar-refractivity contribution in [3.63, 3.8) is 0 Å². The van der Waals surface area contributed by atoms with Gasteiger partial charge in [0.1, 0.15) is 17.5 Å². The highest BCUT2D eigenvalue weighted by atomic mass is 16.5. The molecular formula is C35H61N3O11. The first kappa shape index (κ1) is 40.1. The van der Waals surface area contributed by atoms with Gasteiger partial charge in [0.15, 0.2) is 0 Å². The van der Waals surface area contributed by atoms with E-state index >= 15 is 0 Å². The zero-order valence-electron chi connectivity index (χ0n) is 30.0. The molecule has 1 spiro atoms. The number of amides is 2. The summed E-state index contributed by atoms with van der Waals surface area (Å²) in [5.74, 6) is -0.231. The van der Waals surface area contributed by atoms with Crippen molar-refractivity contribution in [2.75, 3.05) is 48.1 Å². The average molecular weight is 700 g/mol. The van der Waals surface area contributed by atoms with Gasteiger partial charge in [-0.25, -0.2) is 10.3 Å². The summed E-state index contributed by atoms with van der Waals surface area (Å²) < 4.78 is 24.0. The van der Waals surface area contributed by atoms with Gasteiger partial charge in [0.25, 0.3) is 0 Å². The van der Waals surface area contributed by atoms with Gasteiger partial charge in [-0.15, -0.1) is 0 Å². The third-order valence-electron chi connectivity index (χ3n) is 13.1. The Morgan fingerprint density at radius 2 is 1.82 bits per heavy atom. The molecule has 0 aromatic rings. The van der Waals surface area contributed by atoms with Crippen LogP contribution in [0.5, 0.6) is 0 Å². The molecule has 0 aromatic carbocycles. The number of rotatable bonds is 12. The molecule has 7 bridgehead atoms. The maximum atomic E-state index is 12.9. The summed E-state index contributed by atoms with van der Waals surface area (Å²) in [6, 6.07) is -1.33. The first-order valence-electron chi connectivity index (χ1n) is 17.8. The number of methoxy groups -OCH3 is 4. The number of urea groups is 1. The highest BCUT2D eigenvalue weighted by molar-refractivity contribution is 5.70. The van der Waals surface area contributed by atoms with Crippen LogP contribution >= 0.6 is 0 Å². The van der Waals surface area contributed by atoms with Crippen LogP contribution in [-0.4, -0.2) is 139 Å². The molecule has 6 aliphatic rings. The standard InChI is InChI=1S/C25H41NO7.C9H16O2.CH4N2O2/c1-6-26-11-22(12-30-2)8-7-16(27)24-14-9-13-15(31-3)10-23(28,17(14)18(13)32-4)25(29,21(24)26)20(33-5)19(22)24;1-2-3-4-6-9(11)7-5-8-10;2-1(4)3-5/h13-21,27-29H,6-12H2,1-5H3;5,7-9,11H,2-4,6H2,1H3;5H,(H3,2,3,4)/b;7-5+;/t13-,14-,15+,16?,17-,18+,19-,20+,21?,22+,23?,24+,25?;;/m1../s1. The fourth-order valence-electron chi connectivity index (χ4n) is 11.9. The van der Waals surface area contributed by atoms with Gasteiger partial charge in [-0.05, 0) is 44.2 Å². The number of carbonyl (C=O) groups excluding carboxylic acids is 2. The fraction of sp³-hybridized carbons (Fsp3) is 0.886. The number of aliphatic hydroxyl groups is 4. The summed E-state index contributed by atoms with van der Waals surface area (Å²) in [7, 11) is 6.79. The quantitative estimate of drug-likeness (QED) is 0.0500. The lowest BCUT2D eigenvalue weighted by molar-refractivity contribution is -0.318. The number of allylic oxidation sites excluding steroid dienone is 1. The Bertz CT molecular complexity index is 1160. The number of likely N-dealkylation sites (N-methyl/N-ethyl adjacent to an activating group) is 1. The van der Waals surface area contributed by atoms with Crippen molar-refractivity contribution < 1.29 is 54.2 Å². The molecule has 5 saturated carbocycles. The van der Waals surface area contributed by atoms with Gasteiger partial charge in [-0.2, -0.15) is 0 Å². The number of nitrogens with two attached hydrogens (primary N) is 1. The molecule has 6 fully saturated rings. The first-order chi connectivity index (χ1) is 23.3. The predicted octanol–water partition coefficient (Wildman–Crippen LogP) is 0.998. The maximum Gasteiger partial charge on any atom is 0.335 e. The van der Waals surface area contributed by atoms with E-state index in [1.807, 2.05) is 0 Å². The Kier molecular flexibility index (Phi) is 13.0. The van der Waals surface area contributed by atoms with Gasteiger partial charge in [0.2, 0.25) is 0 Å². The lowest BCUT2D eigenvalue weighted by Crippen LogP contribution is -2.82. The Labute approximate surface area is 290 Å². The van der Waals surface area contributed by atoms with Crippen molar-refractivity contribution in [2.24, 2.45) is 40.2 Å². The zero-order valence-corrected chi connectivity index (χ0v) is 30.0. The smallest absolute Gasteiger partial charge is 0.335 e. The summed E-state index contributed by atoms with van der Waals surface area (Å²) in [6.45, 7) is 6.30. The van der Waals surface area contributed by atoms with Crippen molar-refractivity contribution in [3.05, 3.63) is 12.2 Å². The largest absolute Gasteiger partial charge is 0.392 e. The number of carbonyl (C=O) groups is 2. The van der Waals surface area contributed by atoms with Crippen molar-refractivity contribution >= 4 is 12.3 Å². The maximum absolute atomic E-state index is 12.9. The van der Waals surface area contributed by atoms with Crippen LogP contribution in [0.4, 0.5) is 4.79 Å². The molecule has 1 heterocycles. The number of ether oxygens (including phenoxy) is 4. The molecule has 2 amide bonds. The molecule has 6 rings (SSSR count). The van der Waals surface area contributed by atoms with Gasteiger partial charge in [0.05, 0.1) is 43.2 Å².